The molecule has 1 atom stereocenters. The van der Waals surface area contributed by atoms with E-state index in [4.69, 9.17) is 9.47 Å². The van der Waals surface area contributed by atoms with Crippen molar-refractivity contribution in [1.29, 1.82) is 0 Å². The van der Waals surface area contributed by atoms with Gasteiger partial charge in [0.25, 0.3) is 0 Å². The van der Waals surface area contributed by atoms with Crippen LogP contribution in [0.15, 0.2) is 0 Å². The van der Waals surface area contributed by atoms with Gasteiger partial charge in [-0.2, -0.15) is 11.8 Å². The second kappa shape index (κ2) is 19.7. The molecule has 174 valence electrons. The molecule has 0 saturated carbocycles. The van der Waals surface area contributed by atoms with Crippen LogP contribution < -0.4 is 0 Å². The van der Waals surface area contributed by atoms with Gasteiger partial charge in [-0.3, -0.25) is 4.79 Å². The molecule has 0 aromatic heterocycles. The van der Waals surface area contributed by atoms with E-state index in [9.17, 15) is 9.90 Å². The van der Waals surface area contributed by atoms with Crippen LogP contribution in [0, 0.1) is 5.41 Å². The fourth-order valence-corrected chi connectivity index (χ4v) is 3.88. The molecule has 5 heteroatoms. The summed E-state index contributed by atoms with van der Waals surface area (Å²) in [5.41, 5.74) is -0.535. The first-order chi connectivity index (χ1) is 13.9. The first-order valence-electron chi connectivity index (χ1n) is 11.9. The Balaban J connectivity index is 3.23. The Morgan fingerprint density at radius 1 is 0.828 bits per heavy atom. The second-order valence-electron chi connectivity index (χ2n) is 9.08. The molecule has 0 rings (SSSR count). The van der Waals surface area contributed by atoms with E-state index >= 15 is 0 Å². The first kappa shape index (κ1) is 28.7. The summed E-state index contributed by atoms with van der Waals surface area (Å²) in [5, 5.41) is 9.79. The molecule has 0 aromatic carbocycles. The molecule has 0 saturated heterocycles. The number of aliphatic hydroxyl groups excluding tert-OH is 1. The van der Waals surface area contributed by atoms with E-state index in [2.05, 4.69) is 18.7 Å². The van der Waals surface area contributed by atoms with Gasteiger partial charge >= 0.3 is 5.97 Å². The summed E-state index contributed by atoms with van der Waals surface area (Å²) >= 11 is 2.13. The van der Waals surface area contributed by atoms with Gasteiger partial charge < -0.3 is 14.6 Å². The average molecular weight is 433 g/mol. The van der Waals surface area contributed by atoms with Gasteiger partial charge in [0.1, 0.15) is 12.7 Å². The summed E-state index contributed by atoms with van der Waals surface area (Å²) in [5.74, 6) is 2.36. The number of carbonyl (C=O) groups is 1. The van der Waals surface area contributed by atoms with Gasteiger partial charge in [-0.1, -0.05) is 64.7 Å². The SMILES string of the molecule is CCCCCCCCSCCCCCCCCOC[C@@H](O)COC(=O)C(C)(C)C. The standard InChI is InChI=1S/C24H48O4S/c1-5-6-7-8-12-15-18-29-19-16-13-10-9-11-14-17-27-20-22(25)21-28-23(26)24(2,3)4/h22,25H,5-21H2,1-4H3/t22-/m1/s1. The fourth-order valence-electron chi connectivity index (χ4n) is 2.86. The van der Waals surface area contributed by atoms with E-state index in [1.54, 1.807) is 20.8 Å². The molecule has 0 amide bonds. The van der Waals surface area contributed by atoms with Crippen molar-refractivity contribution >= 4 is 17.7 Å². The zero-order valence-corrected chi connectivity index (χ0v) is 20.5. The lowest BCUT2D eigenvalue weighted by Gasteiger charge is -2.18. The molecular formula is C24H48O4S. The Kier molecular flexibility index (Phi) is 19.5. The molecule has 0 fully saturated rings. The third-order valence-corrected chi connectivity index (χ3v) is 5.95. The van der Waals surface area contributed by atoms with Crippen molar-refractivity contribution in [3.63, 3.8) is 0 Å². The van der Waals surface area contributed by atoms with E-state index in [-0.39, 0.29) is 19.2 Å². The monoisotopic (exact) mass is 432 g/mol. The number of hydrogen-bond acceptors (Lipinski definition) is 5. The highest BCUT2D eigenvalue weighted by molar-refractivity contribution is 7.99. The lowest BCUT2D eigenvalue weighted by Crippen LogP contribution is -2.29. The third-order valence-electron chi connectivity index (χ3n) is 4.80. The maximum Gasteiger partial charge on any atom is 0.311 e. The zero-order chi connectivity index (χ0) is 21.8. The van der Waals surface area contributed by atoms with Gasteiger partial charge in [0, 0.05) is 6.61 Å². The van der Waals surface area contributed by atoms with Gasteiger partial charge in [-0.25, -0.2) is 0 Å². The van der Waals surface area contributed by atoms with Gasteiger partial charge in [0.15, 0.2) is 0 Å². The van der Waals surface area contributed by atoms with Crippen molar-refractivity contribution in [2.45, 2.75) is 111 Å². The largest absolute Gasteiger partial charge is 0.462 e. The number of esters is 1. The summed E-state index contributed by atoms with van der Waals surface area (Å²) in [6.45, 7) is 8.57. The third kappa shape index (κ3) is 20.8. The predicted molar refractivity (Wildman–Crippen MR) is 126 cm³/mol. The molecule has 0 heterocycles. The lowest BCUT2D eigenvalue weighted by atomic mass is 9.97. The quantitative estimate of drug-likeness (QED) is 0.178. The molecule has 0 aromatic rings. The Hall–Kier alpha value is -0.260. The molecule has 0 aliphatic rings. The Bertz CT molecular complexity index is 368. The Morgan fingerprint density at radius 3 is 1.90 bits per heavy atom. The molecule has 0 bridgehead atoms. The Morgan fingerprint density at radius 2 is 1.34 bits per heavy atom. The molecule has 0 aliphatic carbocycles. The van der Waals surface area contributed by atoms with E-state index in [0.717, 1.165) is 6.42 Å². The number of aliphatic hydroxyl groups is 1. The van der Waals surface area contributed by atoms with Crippen molar-refractivity contribution in [2.24, 2.45) is 5.41 Å². The highest BCUT2D eigenvalue weighted by Crippen LogP contribution is 2.15. The topological polar surface area (TPSA) is 55.8 Å². The van der Waals surface area contributed by atoms with Crippen LogP contribution in [0.5, 0.6) is 0 Å². The van der Waals surface area contributed by atoms with Gasteiger partial charge in [0.05, 0.1) is 12.0 Å². The summed E-state index contributed by atoms with van der Waals surface area (Å²) in [7, 11) is 0. The van der Waals surface area contributed by atoms with Crippen molar-refractivity contribution in [3.8, 4) is 0 Å². The molecule has 0 unspecified atom stereocenters. The minimum absolute atomic E-state index is 0.00692. The molecule has 1 N–H and O–H groups in total. The minimum atomic E-state index is -0.741. The Labute approximate surface area is 184 Å². The van der Waals surface area contributed by atoms with E-state index in [0.29, 0.717) is 6.61 Å². The summed E-state index contributed by atoms with van der Waals surface area (Å²) in [6.07, 6.45) is 15.1. The minimum Gasteiger partial charge on any atom is -0.462 e. The van der Waals surface area contributed by atoms with Crippen molar-refractivity contribution in [2.75, 3.05) is 31.3 Å². The van der Waals surface area contributed by atoms with Gasteiger partial charge in [0.2, 0.25) is 0 Å². The van der Waals surface area contributed by atoms with Gasteiger partial charge in [-0.15, -0.1) is 0 Å². The summed E-state index contributed by atoms with van der Waals surface area (Å²) < 4.78 is 10.6. The van der Waals surface area contributed by atoms with E-state index < -0.39 is 11.5 Å². The number of ether oxygens (including phenoxy) is 2. The fraction of sp³-hybridized carbons (Fsp3) is 0.958. The summed E-state index contributed by atoms with van der Waals surface area (Å²) in [4.78, 5) is 11.6. The smallest absolute Gasteiger partial charge is 0.311 e. The van der Waals surface area contributed by atoms with Crippen LogP contribution in [0.1, 0.15) is 105 Å². The summed E-state index contributed by atoms with van der Waals surface area (Å²) in [6, 6.07) is 0. The van der Waals surface area contributed by atoms with E-state index in [1.807, 2.05) is 0 Å². The van der Waals surface area contributed by atoms with E-state index in [1.165, 1.54) is 82.1 Å². The molecule has 4 nitrogen and oxygen atoms in total. The molecule has 29 heavy (non-hydrogen) atoms. The molecular weight excluding hydrogens is 384 g/mol. The number of unbranched alkanes of at least 4 members (excludes halogenated alkanes) is 10. The predicted octanol–water partition coefficient (Wildman–Crippen LogP) is 6.39. The number of rotatable bonds is 20. The average Bonchev–Trinajstić information content (AvgIpc) is 2.67. The second-order valence-corrected chi connectivity index (χ2v) is 10.3. The normalized spacial score (nSPS) is 12.9. The first-order valence-corrected chi connectivity index (χ1v) is 13.0. The highest BCUT2D eigenvalue weighted by Gasteiger charge is 2.23. The van der Waals surface area contributed by atoms with Crippen LogP contribution in [0.25, 0.3) is 0 Å². The maximum atomic E-state index is 11.6. The number of carbonyl (C=O) groups excluding carboxylic acids is 1. The van der Waals surface area contributed by atoms with Crippen molar-refractivity contribution in [1.82, 2.24) is 0 Å². The van der Waals surface area contributed by atoms with Crippen LogP contribution in [-0.4, -0.2) is 48.5 Å². The van der Waals surface area contributed by atoms with Crippen LogP contribution in [-0.2, 0) is 14.3 Å². The molecule has 0 radical (unpaired) electrons. The molecule has 0 spiro atoms. The number of hydrogen-bond donors (Lipinski definition) is 1. The van der Waals surface area contributed by atoms with Crippen molar-refractivity contribution in [3.05, 3.63) is 0 Å². The van der Waals surface area contributed by atoms with Crippen LogP contribution in [0.4, 0.5) is 0 Å². The van der Waals surface area contributed by atoms with Gasteiger partial charge in [-0.05, 0) is 51.5 Å². The number of thioether (sulfide) groups is 1. The van der Waals surface area contributed by atoms with Crippen LogP contribution >= 0.6 is 11.8 Å². The highest BCUT2D eigenvalue weighted by atomic mass is 32.2. The maximum absolute atomic E-state index is 11.6. The van der Waals surface area contributed by atoms with Crippen LogP contribution in [0.2, 0.25) is 0 Å². The van der Waals surface area contributed by atoms with Crippen LogP contribution in [0.3, 0.4) is 0 Å². The zero-order valence-electron chi connectivity index (χ0n) is 19.7. The lowest BCUT2D eigenvalue weighted by molar-refractivity contribution is -0.157. The van der Waals surface area contributed by atoms with Crippen molar-refractivity contribution < 1.29 is 19.4 Å². The molecule has 0 aliphatic heterocycles.